The third kappa shape index (κ3) is 1.84. The maximum absolute atomic E-state index is 10.1. The number of nitrogens with two attached hydrogens (primary N) is 1. The van der Waals surface area contributed by atoms with Crippen LogP contribution in [0.15, 0.2) is 27.5 Å². The van der Waals surface area contributed by atoms with Crippen molar-refractivity contribution in [1.82, 2.24) is 0 Å². The number of isocyanates is 1. The molecule has 1 aromatic carbocycles. The molecule has 72 valence electrons. The minimum atomic E-state index is 0.591. The summed E-state index contributed by atoms with van der Waals surface area (Å²) in [5.74, 6) is 4.95. The predicted octanol–water partition coefficient (Wildman–Crippen LogP) is 2.23. The van der Waals surface area contributed by atoms with E-state index in [1.54, 1.807) is 12.1 Å². The van der Waals surface area contributed by atoms with Crippen LogP contribution in [0, 0.1) is 13.8 Å². The molecule has 0 bridgehead atoms. The Morgan fingerprint density at radius 1 is 1.21 bits per heavy atom. The highest BCUT2D eigenvalue weighted by Gasteiger charge is 2.04. The van der Waals surface area contributed by atoms with Gasteiger partial charge in [0.1, 0.15) is 0 Å². The van der Waals surface area contributed by atoms with E-state index >= 15 is 0 Å². The van der Waals surface area contributed by atoms with Crippen LogP contribution < -0.4 is 5.84 Å². The molecular formula is C9H10N4O. The van der Waals surface area contributed by atoms with Crippen LogP contribution in [0.4, 0.5) is 11.4 Å². The zero-order chi connectivity index (χ0) is 10.6. The van der Waals surface area contributed by atoms with Gasteiger partial charge in [0.25, 0.3) is 0 Å². The van der Waals surface area contributed by atoms with E-state index in [1.165, 1.54) is 6.08 Å². The van der Waals surface area contributed by atoms with Crippen molar-refractivity contribution in [2.24, 2.45) is 21.2 Å². The molecule has 0 saturated heterocycles. The number of carbonyl (C=O) groups excluding carboxylic acids is 1. The Morgan fingerprint density at radius 3 is 2.36 bits per heavy atom. The van der Waals surface area contributed by atoms with E-state index in [0.717, 1.165) is 11.1 Å². The normalized spacial score (nSPS) is 10.1. The van der Waals surface area contributed by atoms with E-state index in [2.05, 4.69) is 15.3 Å². The molecule has 2 N–H and O–H groups in total. The Morgan fingerprint density at radius 2 is 1.79 bits per heavy atom. The molecule has 1 aromatic rings. The van der Waals surface area contributed by atoms with Gasteiger partial charge in [-0.3, -0.25) is 0 Å². The van der Waals surface area contributed by atoms with Gasteiger partial charge in [-0.15, -0.1) is 5.11 Å². The Balaban J connectivity index is 3.32. The van der Waals surface area contributed by atoms with E-state index in [9.17, 15) is 4.79 Å². The molecule has 0 atom stereocenters. The molecule has 0 fully saturated rings. The molecular weight excluding hydrogens is 180 g/mol. The summed E-state index contributed by atoms with van der Waals surface area (Å²) >= 11 is 0. The summed E-state index contributed by atoms with van der Waals surface area (Å²) in [6.45, 7) is 3.71. The van der Waals surface area contributed by atoms with Gasteiger partial charge in [0.15, 0.2) is 0 Å². The second-order valence-electron chi connectivity index (χ2n) is 2.77. The summed E-state index contributed by atoms with van der Waals surface area (Å²) in [5.41, 5.74) is 3.04. The summed E-state index contributed by atoms with van der Waals surface area (Å²) in [4.78, 5) is 13.7. The molecule has 0 unspecified atom stereocenters. The fraction of sp³-hybridized carbons (Fsp3) is 0.222. The first-order valence-corrected chi connectivity index (χ1v) is 3.99. The summed E-state index contributed by atoms with van der Waals surface area (Å²) in [5, 5.41) is 6.93. The van der Waals surface area contributed by atoms with E-state index in [0.29, 0.717) is 11.4 Å². The van der Waals surface area contributed by atoms with Crippen molar-refractivity contribution in [2.45, 2.75) is 13.8 Å². The molecule has 5 heteroatoms. The quantitative estimate of drug-likeness (QED) is 0.255. The largest absolute Gasteiger partial charge is 0.305 e. The van der Waals surface area contributed by atoms with Crippen LogP contribution in [0.2, 0.25) is 0 Å². The molecule has 0 radical (unpaired) electrons. The molecule has 0 heterocycles. The molecule has 0 aromatic heterocycles. The molecule has 5 nitrogen and oxygen atoms in total. The topological polar surface area (TPSA) is 80.2 Å². The third-order valence-corrected chi connectivity index (χ3v) is 2.06. The molecule has 0 amide bonds. The maximum atomic E-state index is 10.1. The molecule has 0 aliphatic rings. The highest BCUT2D eigenvalue weighted by molar-refractivity contribution is 5.62. The summed E-state index contributed by atoms with van der Waals surface area (Å²) in [6, 6.07) is 3.38. The number of hydrogen-bond acceptors (Lipinski definition) is 4. The molecule has 0 aliphatic carbocycles. The Hall–Kier alpha value is -2.00. The van der Waals surface area contributed by atoms with Crippen molar-refractivity contribution >= 4 is 17.5 Å². The maximum Gasteiger partial charge on any atom is 0.240 e. The average molecular weight is 190 g/mol. The van der Waals surface area contributed by atoms with Gasteiger partial charge in [0.2, 0.25) is 6.08 Å². The lowest BCUT2D eigenvalue weighted by molar-refractivity contribution is 0.565. The first-order valence-electron chi connectivity index (χ1n) is 3.99. The van der Waals surface area contributed by atoms with Gasteiger partial charge < -0.3 is 5.84 Å². The van der Waals surface area contributed by atoms with Crippen LogP contribution in [0.1, 0.15) is 11.1 Å². The van der Waals surface area contributed by atoms with Crippen molar-refractivity contribution in [1.29, 1.82) is 0 Å². The van der Waals surface area contributed by atoms with E-state index < -0.39 is 0 Å². The minimum absolute atomic E-state index is 0.591. The van der Waals surface area contributed by atoms with Gasteiger partial charge >= 0.3 is 0 Å². The van der Waals surface area contributed by atoms with Crippen LogP contribution in [0.25, 0.3) is 0 Å². The van der Waals surface area contributed by atoms with Gasteiger partial charge in [0, 0.05) is 0 Å². The van der Waals surface area contributed by atoms with E-state index in [1.807, 2.05) is 13.8 Å². The summed E-state index contributed by atoms with van der Waals surface area (Å²) < 4.78 is 0. The summed E-state index contributed by atoms with van der Waals surface area (Å²) in [7, 11) is 0. The zero-order valence-electron chi connectivity index (χ0n) is 7.98. The molecule has 0 spiro atoms. The number of hydrogen-bond donors (Lipinski definition) is 1. The van der Waals surface area contributed by atoms with E-state index in [-0.39, 0.29) is 0 Å². The molecule has 0 aliphatic heterocycles. The number of nitrogens with zero attached hydrogens (tertiary/aromatic N) is 3. The summed E-state index contributed by atoms with van der Waals surface area (Å²) in [6.07, 6.45) is 1.50. The molecule has 14 heavy (non-hydrogen) atoms. The van der Waals surface area contributed by atoms with Gasteiger partial charge in [-0.05, 0) is 37.1 Å². The van der Waals surface area contributed by atoms with Crippen molar-refractivity contribution in [3.8, 4) is 0 Å². The highest BCUT2D eigenvalue weighted by atomic mass is 16.1. The van der Waals surface area contributed by atoms with Gasteiger partial charge in [-0.1, -0.05) is 5.22 Å². The fourth-order valence-electron chi connectivity index (χ4n) is 1.13. The Bertz CT molecular complexity index is 419. The van der Waals surface area contributed by atoms with Crippen molar-refractivity contribution in [3.05, 3.63) is 23.3 Å². The molecule has 1 rings (SSSR count). The lowest BCUT2D eigenvalue weighted by atomic mass is 10.1. The lowest BCUT2D eigenvalue weighted by Gasteiger charge is -2.04. The zero-order valence-corrected chi connectivity index (χ0v) is 7.98. The van der Waals surface area contributed by atoms with Gasteiger partial charge in [-0.2, -0.15) is 4.99 Å². The number of aliphatic imine (C=N–C) groups is 1. The van der Waals surface area contributed by atoms with Crippen molar-refractivity contribution in [2.75, 3.05) is 0 Å². The van der Waals surface area contributed by atoms with Crippen LogP contribution in [0.5, 0.6) is 0 Å². The van der Waals surface area contributed by atoms with Crippen molar-refractivity contribution < 1.29 is 4.79 Å². The average Bonchev–Trinajstić information content (AvgIpc) is 2.18. The standard InChI is InChI=1S/C9H10N4O/c1-6-7(2)9(12-13-10)4-3-8(6)11-5-14/h3-4H,1-2H3,(H2,10,12). The smallest absolute Gasteiger partial charge is 0.240 e. The van der Waals surface area contributed by atoms with Crippen molar-refractivity contribution in [3.63, 3.8) is 0 Å². The Kier molecular flexibility index (Phi) is 3.09. The Labute approximate surface area is 81.3 Å². The SMILES string of the molecule is Cc1c(N=C=O)ccc(N=NN)c1C. The van der Waals surface area contributed by atoms with Gasteiger partial charge in [0.05, 0.1) is 11.4 Å². The second-order valence-corrected chi connectivity index (χ2v) is 2.77. The monoisotopic (exact) mass is 190 g/mol. The third-order valence-electron chi connectivity index (χ3n) is 2.06. The van der Waals surface area contributed by atoms with Crippen LogP contribution in [-0.2, 0) is 4.79 Å². The number of rotatable bonds is 2. The predicted molar refractivity (Wildman–Crippen MR) is 52.4 cm³/mol. The second kappa shape index (κ2) is 4.30. The minimum Gasteiger partial charge on any atom is -0.305 e. The number of benzene rings is 1. The first-order chi connectivity index (χ1) is 6.70. The lowest BCUT2D eigenvalue weighted by Crippen LogP contribution is -1.83. The van der Waals surface area contributed by atoms with Gasteiger partial charge in [-0.25, -0.2) is 4.79 Å². The van der Waals surface area contributed by atoms with Crippen LogP contribution in [0.3, 0.4) is 0 Å². The highest BCUT2D eigenvalue weighted by Crippen LogP contribution is 2.29. The van der Waals surface area contributed by atoms with E-state index in [4.69, 9.17) is 5.84 Å². The molecule has 0 saturated carbocycles. The first kappa shape index (κ1) is 10.1. The van der Waals surface area contributed by atoms with Crippen LogP contribution >= 0.6 is 0 Å². The van der Waals surface area contributed by atoms with Crippen LogP contribution in [-0.4, -0.2) is 6.08 Å². The fourth-order valence-corrected chi connectivity index (χ4v) is 1.13.